The van der Waals surface area contributed by atoms with Crippen LogP contribution in [0.1, 0.15) is 42.3 Å². The third-order valence-electron chi connectivity index (χ3n) is 3.61. The number of carbonyl (C=O) groups is 1. The fourth-order valence-electron chi connectivity index (χ4n) is 2.34. The maximum Gasteiger partial charge on any atom is 0.254 e. The van der Waals surface area contributed by atoms with Crippen LogP contribution in [0.25, 0.3) is 0 Å². The van der Waals surface area contributed by atoms with Gasteiger partial charge in [-0.05, 0) is 44.9 Å². The van der Waals surface area contributed by atoms with Crippen LogP contribution in [0.15, 0.2) is 54.6 Å². The van der Waals surface area contributed by atoms with Crippen LogP contribution in [0.3, 0.4) is 0 Å². The number of amides is 1. The molecule has 0 spiro atoms. The fraction of sp³-hybridized carbons (Fsp3) is 0.316. The van der Waals surface area contributed by atoms with Crippen LogP contribution in [0, 0.1) is 6.92 Å². The molecule has 0 atom stereocenters. The van der Waals surface area contributed by atoms with E-state index in [-0.39, 0.29) is 11.4 Å². The first kappa shape index (κ1) is 15.3. The summed E-state index contributed by atoms with van der Waals surface area (Å²) >= 11 is 0. The van der Waals surface area contributed by atoms with Gasteiger partial charge in [0, 0.05) is 17.6 Å². The molecule has 0 saturated heterocycles. The molecule has 21 heavy (non-hydrogen) atoms. The smallest absolute Gasteiger partial charge is 0.254 e. The molecular weight excluding hydrogens is 258 g/mol. The Morgan fingerprint density at radius 1 is 0.952 bits per heavy atom. The lowest BCUT2D eigenvalue weighted by Gasteiger charge is -2.36. The van der Waals surface area contributed by atoms with Gasteiger partial charge in [0.25, 0.3) is 5.91 Å². The van der Waals surface area contributed by atoms with Gasteiger partial charge in [0.15, 0.2) is 0 Å². The minimum absolute atomic E-state index is 0.0875. The second kappa shape index (κ2) is 6.13. The molecule has 0 unspecified atom stereocenters. The number of carbonyl (C=O) groups excluding carboxylic acids is 1. The van der Waals surface area contributed by atoms with Crippen molar-refractivity contribution in [1.29, 1.82) is 0 Å². The molecule has 0 radical (unpaired) electrons. The molecule has 0 heterocycles. The van der Waals surface area contributed by atoms with Crippen molar-refractivity contribution >= 4 is 5.91 Å². The molecule has 0 bridgehead atoms. The molecule has 2 aromatic rings. The second-order valence-corrected chi connectivity index (χ2v) is 6.36. The Morgan fingerprint density at radius 2 is 1.52 bits per heavy atom. The molecule has 110 valence electrons. The van der Waals surface area contributed by atoms with Gasteiger partial charge < -0.3 is 4.90 Å². The van der Waals surface area contributed by atoms with Crippen molar-refractivity contribution in [3.63, 3.8) is 0 Å². The summed E-state index contributed by atoms with van der Waals surface area (Å²) in [6.07, 6.45) is 0. The SMILES string of the molecule is Cc1ccccc1C(=O)N(Cc1ccccc1)C(C)(C)C. The van der Waals surface area contributed by atoms with Crippen molar-refractivity contribution in [2.45, 2.75) is 39.8 Å². The van der Waals surface area contributed by atoms with Gasteiger partial charge in [-0.2, -0.15) is 0 Å². The van der Waals surface area contributed by atoms with Crippen molar-refractivity contribution in [3.8, 4) is 0 Å². The summed E-state index contributed by atoms with van der Waals surface area (Å²) in [5.41, 5.74) is 2.72. The number of aryl methyl sites for hydroxylation is 1. The van der Waals surface area contributed by atoms with Gasteiger partial charge >= 0.3 is 0 Å². The van der Waals surface area contributed by atoms with E-state index in [2.05, 4.69) is 32.9 Å². The van der Waals surface area contributed by atoms with Gasteiger partial charge in [0.05, 0.1) is 0 Å². The van der Waals surface area contributed by atoms with E-state index in [0.29, 0.717) is 6.54 Å². The number of nitrogens with zero attached hydrogens (tertiary/aromatic N) is 1. The van der Waals surface area contributed by atoms with E-state index in [1.165, 1.54) is 0 Å². The average molecular weight is 281 g/mol. The van der Waals surface area contributed by atoms with Crippen LogP contribution in [0.5, 0.6) is 0 Å². The van der Waals surface area contributed by atoms with E-state index >= 15 is 0 Å². The minimum Gasteiger partial charge on any atom is -0.329 e. The van der Waals surface area contributed by atoms with Crippen molar-refractivity contribution < 1.29 is 4.79 Å². The Balaban J connectivity index is 2.33. The van der Waals surface area contributed by atoms with Gasteiger partial charge in [-0.25, -0.2) is 0 Å². The zero-order chi connectivity index (χ0) is 15.5. The van der Waals surface area contributed by atoms with Crippen LogP contribution < -0.4 is 0 Å². The maximum absolute atomic E-state index is 12.9. The molecule has 0 aliphatic heterocycles. The van der Waals surface area contributed by atoms with Crippen LogP contribution in [-0.2, 0) is 6.54 Å². The molecular formula is C19H23NO. The summed E-state index contributed by atoms with van der Waals surface area (Å²) in [5.74, 6) is 0.0875. The monoisotopic (exact) mass is 281 g/mol. The maximum atomic E-state index is 12.9. The lowest BCUT2D eigenvalue weighted by Crippen LogP contribution is -2.45. The summed E-state index contributed by atoms with van der Waals surface area (Å²) in [7, 11) is 0. The summed E-state index contributed by atoms with van der Waals surface area (Å²) in [6.45, 7) is 8.83. The molecule has 1 amide bonds. The fourth-order valence-corrected chi connectivity index (χ4v) is 2.34. The molecule has 0 aliphatic rings. The molecule has 0 aliphatic carbocycles. The number of benzene rings is 2. The highest BCUT2D eigenvalue weighted by molar-refractivity contribution is 5.96. The zero-order valence-corrected chi connectivity index (χ0v) is 13.3. The molecule has 0 N–H and O–H groups in total. The first-order chi connectivity index (χ1) is 9.89. The van der Waals surface area contributed by atoms with Gasteiger partial charge in [0.2, 0.25) is 0 Å². The van der Waals surface area contributed by atoms with Crippen molar-refractivity contribution in [1.82, 2.24) is 4.90 Å². The van der Waals surface area contributed by atoms with E-state index in [1.807, 2.05) is 54.3 Å². The quantitative estimate of drug-likeness (QED) is 0.814. The Bertz CT molecular complexity index is 611. The first-order valence-corrected chi connectivity index (χ1v) is 7.31. The topological polar surface area (TPSA) is 20.3 Å². The summed E-state index contributed by atoms with van der Waals surface area (Å²) < 4.78 is 0. The van der Waals surface area contributed by atoms with Gasteiger partial charge in [-0.3, -0.25) is 4.79 Å². The minimum atomic E-state index is -0.227. The van der Waals surface area contributed by atoms with Crippen molar-refractivity contribution in [3.05, 3.63) is 71.3 Å². The Labute approximate surface area is 127 Å². The van der Waals surface area contributed by atoms with Gasteiger partial charge in [-0.1, -0.05) is 48.5 Å². The molecule has 2 nitrogen and oxygen atoms in total. The van der Waals surface area contributed by atoms with Gasteiger partial charge in [0.1, 0.15) is 0 Å². The van der Waals surface area contributed by atoms with Gasteiger partial charge in [-0.15, -0.1) is 0 Å². The lowest BCUT2D eigenvalue weighted by atomic mass is 10.0. The molecule has 0 fully saturated rings. The summed E-state index contributed by atoms with van der Waals surface area (Å²) in [5, 5.41) is 0. The Kier molecular flexibility index (Phi) is 4.46. The van der Waals surface area contributed by atoms with Crippen LogP contribution in [-0.4, -0.2) is 16.3 Å². The van der Waals surface area contributed by atoms with Crippen molar-refractivity contribution in [2.75, 3.05) is 0 Å². The largest absolute Gasteiger partial charge is 0.329 e. The first-order valence-electron chi connectivity index (χ1n) is 7.31. The van der Waals surface area contributed by atoms with E-state index in [9.17, 15) is 4.79 Å². The molecule has 0 saturated carbocycles. The molecule has 2 heteroatoms. The zero-order valence-electron chi connectivity index (χ0n) is 13.3. The standard InChI is InChI=1S/C19H23NO/c1-15-10-8-9-13-17(15)18(21)20(19(2,3)4)14-16-11-6-5-7-12-16/h5-13H,14H2,1-4H3. The number of hydrogen-bond donors (Lipinski definition) is 0. The third kappa shape index (κ3) is 3.72. The van der Waals surface area contributed by atoms with E-state index in [4.69, 9.17) is 0 Å². The highest BCUT2D eigenvalue weighted by atomic mass is 16.2. The summed E-state index contributed by atoms with van der Waals surface area (Å²) in [6, 6.07) is 17.9. The highest BCUT2D eigenvalue weighted by Crippen LogP contribution is 2.22. The predicted molar refractivity (Wildman–Crippen MR) is 87.2 cm³/mol. The van der Waals surface area contributed by atoms with E-state index < -0.39 is 0 Å². The second-order valence-electron chi connectivity index (χ2n) is 6.36. The Hall–Kier alpha value is -2.09. The van der Waals surface area contributed by atoms with Crippen LogP contribution in [0.4, 0.5) is 0 Å². The third-order valence-corrected chi connectivity index (χ3v) is 3.61. The van der Waals surface area contributed by atoms with E-state index in [1.54, 1.807) is 0 Å². The number of rotatable bonds is 3. The molecule has 2 aromatic carbocycles. The van der Waals surface area contributed by atoms with E-state index in [0.717, 1.165) is 16.7 Å². The number of hydrogen-bond acceptors (Lipinski definition) is 1. The normalized spacial score (nSPS) is 11.2. The van der Waals surface area contributed by atoms with Crippen LogP contribution >= 0.6 is 0 Å². The lowest BCUT2D eigenvalue weighted by molar-refractivity contribution is 0.0558. The predicted octanol–water partition coefficient (Wildman–Crippen LogP) is 4.44. The van der Waals surface area contributed by atoms with Crippen molar-refractivity contribution in [2.24, 2.45) is 0 Å². The highest BCUT2D eigenvalue weighted by Gasteiger charge is 2.28. The average Bonchev–Trinajstić information content (AvgIpc) is 2.44. The summed E-state index contributed by atoms with van der Waals surface area (Å²) in [4.78, 5) is 14.9. The Morgan fingerprint density at radius 3 is 2.10 bits per heavy atom. The molecule has 0 aromatic heterocycles. The molecule has 2 rings (SSSR count). The van der Waals surface area contributed by atoms with Crippen LogP contribution in [0.2, 0.25) is 0 Å².